The first-order chi connectivity index (χ1) is 11.1. The van der Waals surface area contributed by atoms with Gasteiger partial charge in [0.05, 0.1) is 13.5 Å². The van der Waals surface area contributed by atoms with Crippen molar-refractivity contribution in [1.82, 2.24) is 0 Å². The Bertz CT molecular complexity index is 622. The molecule has 0 saturated carbocycles. The van der Waals surface area contributed by atoms with Crippen molar-refractivity contribution >= 4 is 17.7 Å². The molecule has 0 bridgehead atoms. The van der Waals surface area contributed by atoms with Crippen LogP contribution in [0.5, 0.6) is 11.5 Å². The molecule has 4 nitrogen and oxygen atoms in total. The maximum Gasteiger partial charge on any atom is 0.306 e. The van der Waals surface area contributed by atoms with Gasteiger partial charge in [0.25, 0.3) is 0 Å². The smallest absolute Gasteiger partial charge is 0.306 e. The van der Waals surface area contributed by atoms with Crippen molar-refractivity contribution in [3.05, 3.63) is 59.7 Å². The molecule has 0 heterocycles. The Morgan fingerprint density at radius 2 is 1.61 bits per heavy atom. The second-order valence-electron chi connectivity index (χ2n) is 5.15. The van der Waals surface area contributed by atoms with Crippen LogP contribution < -0.4 is 0 Å². The van der Waals surface area contributed by atoms with Crippen molar-refractivity contribution in [3.8, 4) is 11.5 Å². The van der Waals surface area contributed by atoms with E-state index in [1.54, 1.807) is 36.0 Å². The van der Waals surface area contributed by atoms with Crippen molar-refractivity contribution in [1.29, 1.82) is 0 Å². The monoisotopic (exact) mass is 332 g/mol. The average molecular weight is 332 g/mol. The number of esters is 1. The van der Waals surface area contributed by atoms with Crippen molar-refractivity contribution in [2.45, 2.75) is 18.1 Å². The summed E-state index contributed by atoms with van der Waals surface area (Å²) in [7, 11) is 1.39. The van der Waals surface area contributed by atoms with Gasteiger partial charge in [-0.05, 0) is 41.8 Å². The number of carbonyl (C=O) groups is 1. The number of phenolic OH excluding ortho intramolecular Hbond substituents is 2. The minimum Gasteiger partial charge on any atom is -0.508 e. The molecule has 2 rings (SSSR count). The lowest BCUT2D eigenvalue weighted by Crippen LogP contribution is -2.05. The van der Waals surface area contributed by atoms with Gasteiger partial charge in [0, 0.05) is 11.0 Å². The van der Waals surface area contributed by atoms with Crippen LogP contribution in [0.25, 0.3) is 0 Å². The van der Waals surface area contributed by atoms with Crippen LogP contribution in [0.4, 0.5) is 0 Å². The van der Waals surface area contributed by atoms with E-state index in [-0.39, 0.29) is 22.7 Å². The van der Waals surface area contributed by atoms with E-state index in [2.05, 4.69) is 4.74 Å². The number of methoxy groups -OCH3 is 1. The fourth-order valence-electron chi connectivity index (χ4n) is 2.19. The molecule has 5 heteroatoms. The fourth-order valence-corrected chi connectivity index (χ4v) is 3.42. The maximum atomic E-state index is 11.3. The van der Waals surface area contributed by atoms with E-state index in [9.17, 15) is 15.0 Å². The van der Waals surface area contributed by atoms with Gasteiger partial charge in [-0.15, -0.1) is 0 Å². The van der Waals surface area contributed by atoms with Crippen LogP contribution in [0.15, 0.2) is 48.5 Å². The summed E-state index contributed by atoms with van der Waals surface area (Å²) < 4.78 is 4.67. The van der Waals surface area contributed by atoms with Crippen molar-refractivity contribution < 1.29 is 19.7 Å². The standard InChI is InChI=1S/C18H20O4S/c1-22-18(21)10-11-23-17(14-4-8-16(20)9-5-14)12-13-2-6-15(19)7-3-13/h2-9,17,19-20H,10-12H2,1H3. The number of aromatic hydroxyl groups is 2. The third-order valence-electron chi connectivity index (χ3n) is 3.48. The summed E-state index contributed by atoms with van der Waals surface area (Å²) >= 11 is 1.68. The number of rotatable bonds is 7. The Morgan fingerprint density at radius 3 is 2.17 bits per heavy atom. The highest BCUT2D eigenvalue weighted by Crippen LogP contribution is 2.34. The van der Waals surface area contributed by atoms with Crippen molar-refractivity contribution in [2.75, 3.05) is 12.9 Å². The quantitative estimate of drug-likeness (QED) is 0.757. The van der Waals surface area contributed by atoms with E-state index in [0.29, 0.717) is 12.2 Å². The third kappa shape index (κ3) is 5.53. The van der Waals surface area contributed by atoms with Crippen LogP contribution in [-0.2, 0) is 16.0 Å². The Labute approximate surface area is 140 Å². The van der Waals surface area contributed by atoms with Crippen molar-refractivity contribution in [2.24, 2.45) is 0 Å². The van der Waals surface area contributed by atoms with Gasteiger partial charge < -0.3 is 14.9 Å². The topological polar surface area (TPSA) is 66.8 Å². The number of carbonyl (C=O) groups excluding carboxylic acids is 1. The van der Waals surface area contributed by atoms with E-state index in [1.807, 2.05) is 24.3 Å². The van der Waals surface area contributed by atoms with Crippen LogP contribution in [0.3, 0.4) is 0 Å². The molecule has 1 atom stereocenters. The molecule has 1 unspecified atom stereocenters. The zero-order valence-corrected chi connectivity index (χ0v) is 13.8. The van der Waals surface area contributed by atoms with E-state index < -0.39 is 0 Å². The van der Waals surface area contributed by atoms with Gasteiger partial charge in [0.15, 0.2) is 0 Å². The summed E-state index contributed by atoms with van der Waals surface area (Å²) in [4.78, 5) is 11.3. The first-order valence-corrected chi connectivity index (χ1v) is 8.38. The van der Waals surface area contributed by atoms with Gasteiger partial charge in [-0.2, -0.15) is 11.8 Å². The minimum atomic E-state index is -0.216. The van der Waals surface area contributed by atoms with Gasteiger partial charge in [-0.25, -0.2) is 0 Å². The normalized spacial score (nSPS) is 11.9. The highest BCUT2D eigenvalue weighted by Gasteiger charge is 2.14. The van der Waals surface area contributed by atoms with Gasteiger partial charge in [0.1, 0.15) is 11.5 Å². The Hall–Kier alpha value is -2.14. The second-order valence-corrected chi connectivity index (χ2v) is 6.46. The fraction of sp³-hybridized carbons (Fsp3) is 0.278. The molecular formula is C18H20O4S. The molecule has 0 aliphatic carbocycles. The van der Waals surface area contributed by atoms with Gasteiger partial charge in [-0.3, -0.25) is 4.79 Å². The first kappa shape index (κ1) is 17.2. The summed E-state index contributed by atoms with van der Waals surface area (Å²) in [5, 5.41) is 19.0. The summed E-state index contributed by atoms with van der Waals surface area (Å²) in [6.45, 7) is 0. The highest BCUT2D eigenvalue weighted by atomic mass is 32.2. The lowest BCUT2D eigenvalue weighted by Gasteiger charge is -2.17. The zero-order chi connectivity index (χ0) is 16.7. The van der Waals surface area contributed by atoms with E-state index in [4.69, 9.17) is 0 Å². The third-order valence-corrected chi connectivity index (χ3v) is 4.76. The SMILES string of the molecule is COC(=O)CCSC(Cc1ccc(O)cc1)c1ccc(O)cc1. The maximum absolute atomic E-state index is 11.3. The highest BCUT2D eigenvalue weighted by molar-refractivity contribution is 7.99. The van der Waals surface area contributed by atoms with Crippen LogP contribution in [0, 0.1) is 0 Å². The second kappa shape index (κ2) is 8.48. The predicted molar refractivity (Wildman–Crippen MR) is 91.7 cm³/mol. The van der Waals surface area contributed by atoms with Gasteiger partial charge in [0.2, 0.25) is 0 Å². The lowest BCUT2D eigenvalue weighted by atomic mass is 10.0. The Morgan fingerprint density at radius 1 is 1.04 bits per heavy atom. The van der Waals surface area contributed by atoms with Crippen LogP contribution in [0.1, 0.15) is 22.8 Å². The molecular weight excluding hydrogens is 312 g/mol. The van der Waals surface area contributed by atoms with Crippen molar-refractivity contribution in [3.63, 3.8) is 0 Å². The summed E-state index contributed by atoms with van der Waals surface area (Å²) in [6.07, 6.45) is 1.14. The zero-order valence-electron chi connectivity index (χ0n) is 12.9. The average Bonchev–Trinajstić information content (AvgIpc) is 2.56. The molecule has 0 aromatic heterocycles. The number of hydrogen-bond acceptors (Lipinski definition) is 5. The molecule has 0 aliphatic rings. The molecule has 23 heavy (non-hydrogen) atoms. The summed E-state index contributed by atoms with van der Waals surface area (Å²) in [5.41, 5.74) is 2.19. The van der Waals surface area contributed by atoms with E-state index >= 15 is 0 Å². The number of benzene rings is 2. The lowest BCUT2D eigenvalue weighted by molar-refractivity contribution is -0.140. The molecule has 0 spiro atoms. The molecule has 0 aliphatic heterocycles. The summed E-state index contributed by atoms with van der Waals surface area (Å²) in [6, 6.07) is 14.2. The first-order valence-electron chi connectivity index (χ1n) is 7.33. The summed E-state index contributed by atoms with van der Waals surface area (Å²) in [5.74, 6) is 0.924. The molecule has 0 saturated heterocycles. The van der Waals surface area contributed by atoms with E-state index in [1.165, 1.54) is 7.11 Å². The Kier molecular flexibility index (Phi) is 6.35. The largest absolute Gasteiger partial charge is 0.508 e. The Balaban J connectivity index is 2.08. The molecule has 2 aromatic carbocycles. The number of ether oxygens (including phenoxy) is 1. The van der Waals surface area contributed by atoms with Gasteiger partial charge in [-0.1, -0.05) is 24.3 Å². The number of hydrogen-bond donors (Lipinski definition) is 2. The van der Waals surface area contributed by atoms with E-state index in [0.717, 1.165) is 17.5 Å². The van der Waals surface area contributed by atoms with Crippen LogP contribution >= 0.6 is 11.8 Å². The van der Waals surface area contributed by atoms with Crippen LogP contribution in [0.2, 0.25) is 0 Å². The molecule has 0 radical (unpaired) electrons. The minimum absolute atomic E-state index is 0.157. The molecule has 122 valence electrons. The number of thioether (sulfide) groups is 1. The molecule has 0 amide bonds. The molecule has 0 fully saturated rings. The van der Waals surface area contributed by atoms with Gasteiger partial charge >= 0.3 is 5.97 Å². The predicted octanol–water partition coefficient (Wildman–Crippen LogP) is 3.68. The molecule has 2 aromatic rings. The van der Waals surface area contributed by atoms with Crippen LogP contribution in [-0.4, -0.2) is 29.0 Å². The molecule has 2 N–H and O–H groups in total. The number of phenols is 2.